The van der Waals surface area contributed by atoms with Crippen molar-refractivity contribution in [1.29, 1.82) is 0 Å². The van der Waals surface area contributed by atoms with E-state index in [2.05, 4.69) is 20.0 Å². The number of halogens is 2. The first-order valence-electron chi connectivity index (χ1n) is 12.3. The van der Waals surface area contributed by atoms with E-state index in [0.29, 0.717) is 49.8 Å². The van der Waals surface area contributed by atoms with E-state index in [0.717, 1.165) is 26.1 Å². The van der Waals surface area contributed by atoms with Gasteiger partial charge in [-0.1, -0.05) is 6.42 Å². The Morgan fingerprint density at radius 2 is 1.69 bits per heavy atom. The zero-order valence-corrected chi connectivity index (χ0v) is 20.0. The van der Waals surface area contributed by atoms with Crippen LogP contribution in [0.25, 0.3) is 11.0 Å². The van der Waals surface area contributed by atoms with Crippen LogP contribution in [0, 0.1) is 11.6 Å². The fourth-order valence-corrected chi connectivity index (χ4v) is 4.90. The molecule has 2 saturated heterocycles. The smallest absolute Gasteiger partial charge is 0.263 e. The van der Waals surface area contributed by atoms with Crippen molar-refractivity contribution in [2.24, 2.45) is 7.05 Å². The summed E-state index contributed by atoms with van der Waals surface area (Å²) in [5, 5.41) is 4.50. The molecule has 0 saturated carbocycles. The minimum absolute atomic E-state index is 0.0474. The lowest BCUT2D eigenvalue weighted by Crippen LogP contribution is -2.48. The summed E-state index contributed by atoms with van der Waals surface area (Å²) in [5.41, 5.74) is 0.188. The number of nitrogens with zero attached hydrogens (tertiary/aromatic N) is 6. The molecule has 0 aliphatic carbocycles. The van der Waals surface area contributed by atoms with E-state index < -0.39 is 11.6 Å². The molecule has 35 heavy (non-hydrogen) atoms. The number of piperazine rings is 1. The van der Waals surface area contributed by atoms with Crippen LogP contribution >= 0.6 is 0 Å². The van der Waals surface area contributed by atoms with Crippen molar-refractivity contribution in [1.82, 2.24) is 24.6 Å². The SMILES string of the molecule is Cn1ncc2c(=O)[nH]c(N3CCN(c4c(F)cc(OCCCN5CCCCC5)cc4F)CC3)nc21. The number of ether oxygens (including phenoxy) is 1. The second-order valence-electron chi connectivity index (χ2n) is 9.21. The minimum Gasteiger partial charge on any atom is -0.493 e. The summed E-state index contributed by atoms with van der Waals surface area (Å²) in [7, 11) is 1.73. The predicted molar refractivity (Wildman–Crippen MR) is 130 cm³/mol. The van der Waals surface area contributed by atoms with Gasteiger partial charge in [0.2, 0.25) is 5.95 Å². The van der Waals surface area contributed by atoms with Crippen LogP contribution in [0.15, 0.2) is 23.1 Å². The Kier molecular flexibility index (Phi) is 6.85. The fourth-order valence-electron chi connectivity index (χ4n) is 4.90. The van der Waals surface area contributed by atoms with E-state index in [9.17, 15) is 13.6 Å². The maximum atomic E-state index is 14.9. The number of hydrogen-bond acceptors (Lipinski definition) is 7. The largest absolute Gasteiger partial charge is 0.493 e. The van der Waals surface area contributed by atoms with Gasteiger partial charge in [-0.25, -0.2) is 8.78 Å². The highest BCUT2D eigenvalue weighted by Gasteiger charge is 2.25. The average Bonchev–Trinajstić information content (AvgIpc) is 3.24. The molecule has 0 atom stereocenters. The normalized spacial score (nSPS) is 17.3. The second-order valence-corrected chi connectivity index (χ2v) is 9.21. The van der Waals surface area contributed by atoms with Gasteiger partial charge in [0.15, 0.2) is 17.3 Å². The van der Waals surface area contributed by atoms with Gasteiger partial charge >= 0.3 is 0 Å². The number of nitrogens with one attached hydrogen (secondary N) is 1. The van der Waals surface area contributed by atoms with Crippen LogP contribution < -0.4 is 20.1 Å². The standard InChI is InChI=1S/C24H31F2N7O2/c1-30-22-18(16-27-30)23(34)29-24(28-22)33-11-9-32(10-12-33)21-19(25)14-17(15-20(21)26)35-13-5-8-31-6-3-2-4-7-31/h14-16H,2-13H2,1H3,(H,28,29,34). The summed E-state index contributed by atoms with van der Waals surface area (Å²) in [4.78, 5) is 25.6. The second kappa shape index (κ2) is 10.2. The van der Waals surface area contributed by atoms with Gasteiger partial charge in [-0.05, 0) is 32.4 Å². The number of rotatable bonds is 7. The number of aromatic amines is 1. The predicted octanol–water partition coefficient (Wildman–Crippen LogP) is 2.52. The molecule has 0 spiro atoms. The lowest BCUT2D eigenvalue weighted by molar-refractivity contribution is 0.204. The van der Waals surface area contributed by atoms with Gasteiger partial charge in [0.05, 0.1) is 12.8 Å². The van der Waals surface area contributed by atoms with E-state index in [1.165, 1.54) is 37.6 Å². The zero-order valence-electron chi connectivity index (χ0n) is 20.0. The molecule has 2 aromatic heterocycles. The molecule has 2 aliphatic heterocycles. The number of likely N-dealkylation sites (tertiary alicyclic amines) is 1. The first-order valence-corrected chi connectivity index (χ1v) is 12.3. The third-order valence-corrected chi connectivity index (χ3v) is 6.81. The minimum atomic E-state index is -0.632. The molecule has 2 aliphatic rings. The highest BCUT2D eigenvalue weighted by atomic mass is 19.1. The van der Waals surface area contributed by atoms with Crippen LogP contribution in [0.3, 0.4) is 0 Å². The molecule has 3 aromatic rings. The number of hydrogen-bond donors (Lipinski definition) is 1. The Hall–Kier alpha value is -3.21. The van der Waals surface area contributed by atoms with Gasteiger partial charge < -0.3 is 19.4 Å². The van der Waals surface area contributed by atoms with Gasteiger partial charge in [-0.2, -0.15) is 10.1 Å². The van der Waals surface area contributed by atoms with Gasteiger partial charge in [0.25, 0.3) is 5.56 Å². The first-order chi connectivity index (χ1) is 17.0. The lowest BCUT2D eigenvalue weighted by Gasteiger charge is -2.36. The molecule has 5 rings (SSSR count). The van der Waals surface area contributed by atoms with Crippen LogP contribution in [-0.4, -0.2) is 77.1 Å². The van der Waals surface area contributed by atoms with Crippen molar-refractivity contribution in [3.8, 4) is 5.75 Å². The van der Waals surface area contributed by atoms with Crippen LogP contribution in [-0.2, 0) is 7.05 Å². The number of aromatic nitrogens is 4. The summed E-state index contributed by atoms with van der Waals surface area (Å²) in [6.45, 7) is 5.30. The van der Waals surface area contributed by atoms with Crippen molar-refractivity contribution in [2.75, 3.05) is 62.2 Å². The van der Waals surface area contributed by atoms with Crippen LogP contribution in [0.1, 0.15) is 25.7 Å². The summed E-state index contributed by atoms with van der Waals surface area (Å²) in [6.07, 6.45) is 6.08. The van der Waals surface area contributed by atoms with Crippen LogP contribution in [0.4, 0.5) is 20.4 Å². The number of benzene rings is 1. The Morgan fingerprint density at radius 3 is 2.40 bits per heavy atom. The molecule has 1 N–H and O–H groups in total. The lowest BCUT2D eigenvalue weighted by atomic mass is 10.1. The highest BCUT2D eigenvalue weighted by molar-refractivity contribution is 5.74. The van der Waals surface area contributed by atoms with E-state index in [4.69, 9.17) is 4.74 Å². The highest BCUT2D eigenvalue weighted by Crippen LogP contribution is 2.29. The maximum Gasteiger partial charge on any atom is 0.263 e. The third-order valence-electron chi connectivity index (χ3n) is 6.81. The van der Waals surface area contributed by atoms with E-state index in [1.54, 1.807) is 16.6 Å². The summed E-state index contributed by atoms with van der Waals surface area (Å²) < 4.78 is 37.0. The maximum absolute atomic E-state index is 14.9. The van der Waals surface area contributed by atoms with Crippen molar-refractivity contribution in [3.05, 3.63) is 40.3 Å². The fraction of sp³-hybridized carbons (Fsp3) is 0.542. The van der Waals surface area contributed by atoms with E-state index in [-0.39, 0.29) is 17.0 Å². The van der Waals surface area contributed by atoms with Gasteiger partial charge in [0, 0.05) is 51.9 Å². The molecule has 188 valence electrons. The molecule has 0 bridgehead atoms. The molecular weight excluding hydrogens is 456 g/mol. The van der Waals surface area contributed by atoms with Gasteiger partial charge in [-0.15, -0.1) is 0 Å². The number of aryl methyl sites for hydroxylation is 1. The van der Waals surface area contributed by atoms with Crippen molar-refractivity contribution in [2.45, 2.75) is 25.7 Å². The molecule has 11 heteroatoms. The number of anilines is 2. The van der Waals surface area contributed by atoms with Crippen molar-refractivity contribution >= 4 is 22.7 Å². The monoisotopic (exact) mass is 487 g/mol. The number of piperidine rings is 1. The Bertz CT molecular complexity index is 1210. The topological polar surface area (TPSA) is 82.5 Å². The molecule has 0 radical (unpaired) electrons. The molecule has 4 heterocycles. The van der Waals surface area contributed by atoms with Crippen LogP contribution in [0.5, 0.6) is 5.75 Å². The first kappa shape index (κ1) is 23.5. The molecular formula is C24H31F2N7O2. The summed E-state index contributed by atoms with van der Waals surface area (Å²) in [6, 6.07) is 2.53. The molecule has 2 fully saturated rings. The van der Waals surface area contributed by atoms with Crippen molar-refractivity contribution in [3.63, 3.8) is 0 Å². The number of fused-ring (bicyclic) bond motifs is 1. The Balaban J connectivity index is 1.18. The van der Waals surface area contributed by atoms with Crippen molar-refractivity contribution < 1.29 is 13.5 Å². The quantitative estimate of drug-likeness (QED) is 0.513. The van der Waals surface area contributed by atoms with Crippen LogP contribution in [0.2, 0.25) is 0 Å². The Labute approximate surface area is 202 Å². The molecule has 0 amide bonds. The molecule has 0 unspecified atom stereocenters. The van der Waals surface area contributed by atoms with Gasteiger partial charge in [0.1, 0.15) is 16.8 Å². The Morgan fingerprint density at radius 1 is 1.00 bits per heavy atom. The van der Waals surface area contributed by atoms with E-state index in [1.807, 2.05) is 4.90 Å². The average molecular weight is 488 g/mol. The van der Waals surface area contributed by atoms with E-state index >= 15 is 0 Å². The third kappa shape index (κ3) is 5.09. The van der Waals surface area contributed by atoms with Gasteiger partial charge in [-0.3, -0.25) is 14.5 Å². The summed E-state index contributed by atoms with van der Waals surface area (Å²) in [5.74, 6) is -0.619. The summed E-state index contributed by atoms with van der Waals surface area (Å²) >= 11 is 0. The molecule has 9 nitrogen and oxygen atoms in total. The number of H-pyrrole nitrogens is 1. The molecule has 1 aromatic carbocycles. The zero-order chi connectivity index (χ0) is 24.4.